The Labute approximate surface area is 163 Å². The van der Waals surface area contributed by atoms with Gasteiger partial charge in [0.15, 0.2) is 17.2 Å². The lowest BCUT2D eigenvalue weighted by molar-refractivity contribution is -0.137. The summed E-state index contributed by atoms with van der Waals surface area (Å²) in [5.74, 6) is -0.831. The van der Waals surface area contributed by atoms with Crippen molar-refractivity contribution in [2.75, 3.05) is 6.61 Å². The summed E-state index contributed by atoms with van der Waals surface area (Å²) in [6.45, 7) is 6.12. The van der Waals surface area contributed by atoms with E-state index in [0.717, 1.165) is 11.1 Å². The topological polar surface area (TPSA) is 80.9 Å². The van der Waals surface area contributed by atoms with E-state index < -0.39 is 11.9 Å². The van der Waals surface area contributed by atoms with Crippen LogP contribution in [0.4, 0.5) is 0 Å². The maximum atomic E-state index is 13.2. The molecule has 146 valence electrons. The van der Waals surface area contributed by atoms with Crippen LogP contribution in [-0.4, -0.2) is 32.9 Å². The van der Waals surface area contributed by atoms with Crippen LogP contribution in [0.3, 0.4) is 0 Å². The summed E-state index contributed by atoms with van der Waals surface area (Å²) in [6, 6.07) is 11.2. The quantitative estimate of drug-likeness (QED) is 0.593. The number of ketones is 1. The van der Waals surface area contributed by atoms with Crippen LogP contribution >= 0.6 is 0 Å². The number of nitrogens with zero attached hydrogens (tertiary/aromatic N) is 2. The number of carbonyl (C=O) groups is 2. The lowest BCUT2D eigenvalue weighted by Crippen LogP contribution is -2.15. The monoisotopic (exact) mass is 380 g/mol. The second kappa shape index (κ2) is 8.25. The molecule has 3 aromatic rings. The van der Waals surface area contributed by atoms with E-state index in [1.54, 1.807) is 17.5 Å². The number of aromatic nitrogens is 2. The Bertz CT molecular complexity index is 1020. The van der Waals surface area contributed by atoms with Gasteiger partial charge in [0.25, 0.3) is 0 Å². The standard InChI is InChI=1S/C22H24N2O4/c1-4-28-19-10-7-11-24-21(15(3)23-22(19)24)18(25)12-16(13-20(26)27)17-9-6-5-8-14(17)2/h5-11,16H,4,12-13H2,1-3H3,(H,26,27). The van der Waals surface area contributed by atoms with Crippen molar-refractivity contribution in [3.8, 4) is 5.75 Å². The third-order valence-corrected chi connectivity index (χ3v) is 4.83. The summed E-state index contributed by atoms with van der Waals surface area (Å²) < 4.78 is 7.35. The number of carbonyl (C=O) groups excluding carboxylic acids is 1. The maximum Gasteiger partial charge on any atom is 0.303 e. The van der Waals surface area contributed by atoms with Crippen molar-refractivity contribution in [1.82, 2.24) is 9.38 Å². The first-order chi connectivity index (χ1) is 13.4. The molecule has 1 unspecified atom stereocenters. The van der Waals surface area contributed by atoms with Gasteiger partial charge in [-0.2, -0.15) is 0 Å². The van der Waals surface area contributed by atoms with Gasteiger partial charge in [0.05, 0.1) is 18.7 Å². The highest BCUT2D eigenvalue weighted by Crippen LogP contribution is 2.30. The average Bonchev–Trinajstić information content (AvgIpc) is 2.98. The molecule has 0 bridgehead atoms. The van der Waals surface area contributed by atoms with Gasteiger partial charge < -0.3 is 9.84 Å². The molecular weight excluding hydrogens is 356 g/mol. The zero-order valence-corrected chi connectivity index (χ0v) is 16.3. The minimum Gasteiger partial charge on any atom is -0.490 e. The van der Waals surface area contributed by atoms with Gasteiger partial charge in [0.1, 0.15) is 5.69 Å². The molecular formula is C22H24N2O4. The first-order valence-corrected chi connectivity index (χ1v) is 9.33. The SMILES string of the molecule is CCOc1cccn2c(C(=O)CC(CC(=O)O)c3ccccc3C)c(C)nc12. The molecule has 1 atom stereocenters. The van der Waals surface area contributed by atoms with E-state index >= 15 is 0 Å². The van der Waals surface area contributed by atoms with Gasteiger partial charge in [-0.15, -0.1) is 0 Å². The third-order valence-electron chi connectivity index (χ3n) is 4.83. The number of aliphatic carboxylic acids is 1. The molecule has 6 heteroatoms. The molecule has 0 aliphatic heterocycles. The molecule has 1 aromatic carbocycles. The van der Waals surface area contributed by atoms with Gasteiger partial charge in [-0.05, 0) is 44.0 Å². The molecule has 0 aliphatic rings. The summed E-state index contributed by atoms with van der Waals surface area (Å²) >= 11 is 0. The van der Waals surface area contributed by atoms with E-state index in [-0.39, 0.29) is 18.6 Å². The molecule has 2 heterocycles. The van der Waals surface area contributed by atoms with Gasteiger partial charge >= 0.3 is 5.97 Å². The second-order valence-electron chi connectivity index (χ2n) is 6.82. The van der Waals surface area contributed by atoms with Crippen molar-refractivity contribution in [2.24, 2.45) is 0 Å². The molecule has 6 nitrogen and oxygen atoms in total. The molecule has 0 spiro atoms. The number of fused-ring (bicyclic) bond motifs is 1. The Kier molecular flexibility index (Phi) is 5.78. The Morgan fingerprint density at radius 2 is 1.89 bits per heavy atom. The number of ether oxygens (including phenoxy) is 1. The van der Waals surface area contributed by atoms with Crippen molar-refractivity contribution in [2.45, 2.75) is 39.5 Å². The van der Waals surface area contributed by atoms with E-state index in [9.17, 15) is 14.7 Å². The highest BCUT2D eigenvalue weighted by atomic mass is 16.5. The van der Waals surface area contributed by atoms with Crippen molar-refractivity contribution in [3.63, 3.8) is 0 Å². The fourth-order valence-electron chi connectivity index (χ4n) is 3.63. The number of carboxylic acids is 1. The van der Waals surface area contributed by atoms with E-state index in [0.29, 0.717) is 29.4 Å². The van der Waals surface area contributed by atoms with Crippen LogP contribution in [0.2, 0.25) is 0 Å². The normalized spacial score (nSPS) is 12.1. The Balaban J connectivity index is 1.98. The lowest BCUT2D eigenvalue weighted by Gasteiger charge is -2.17. The van der Waals surface area contributed by atoms with Crippen LogP contribution in [0.5, 0.6) is 5.75 Å². The van der Waals surface area contributed by atoms with Crippen LogP contribution in [0.1, 0.15) is 53.0 Å². The predicted octanol–water partition coefficient (Wildman–Crippen LogP) is 4.18. The number of imidazole rings is 1. The highest BCUT2D eigenvalue weighted by molar-refractivity contribution is 5.97. The van der Waals surface area contributed by atoms with E-state index in [1.807, 2.05) is 50.2 Å². The molecule has 0 fully saturated rings. The molecule has 1 N–H and O–H groups in total. The second-order valence-corrected chi connectivity index (χ2v) is 6.82. The highest BCUT2D eigenvalue weighted by Gasteiger charge is 2.25. The summed E-state index contributed by atoms with van der Waals surface area (Å²) in [4.78, 5) is 29.1. The molecule has 0 amide bonds. The van der Waals surface area contributed by atoms with Crippen LogP contribution in [-0.2, 0) is 4.79 Å². The zero-order chi connectivity index (χ0) is 20.3. The number of Topliss-reactive ketones (excluding diaryl/α,β-unsaturated/α-hetero) is 1. The summed E-state index contributed by atoms with van der Waals surface area (Å²) in [5, 5.41) is 9.36. The van der Waals surface area contributed by atoms with Crippen molar-refractivity contribution in [1.29, 1.82) is 0 Å². The van der Waals surface area contributed by atoms with E-state index in [1.165, 1.54) is 0 Å². The number of benzene rings is 1. The minimum absolute atomic E-state index is 0.101. The number of rotatable bonds is 8. The molecule has 3 rings (SSSR count). The number of pyridine rings is 1. The average molecular weight is 380 g/mol. The van der Waals surface area contributed by atoms with Crippen LogP contribution in [0.25, 0.3) is 5.65 Å². The van der Waals surface area contributed by atoms with E-state index in [4.69, 9.17) is 4.74 Å². The number of hydrogen-bond donors (Lipinski definition) is 1. The maximum absolute atomic E-state index is 13.2. The van der Waals surface area contributed by atoms with Crippen molar-refractivity contribution >= 4 is 17.4 Å². The molecule has 0 radical (unpaired) electrons. The molecule has 0 saturated heterocycles. The molecule has 0 aliphatic carbocycles. The first kappa shape index (κ1) is 19.6. The van der Waals surface area contributed by atoms with Crippen LogP contribution < -0.4 is 4.74 Å². The fraction of sp³-hybridized carbons (Fsp3) is 0.318. The van der Waals surface area contributed by atoms with Gasteiger partial charge in [-0.1, -0.05) is 24.3 Å². The zero-order valence-electron chi connectivity index (χ0n) is 16.3. The lowest BCUT2D eigenvalue weighted by atomic mass is 9.87. The van der Waals surface area contributed by atoms with Gasteiger partial charge in [-0.25, -0.2) is 4.98 Å². The summed E-state index contributed by atoms with van der Waals surface area (Å²) in [5.41, 5.74) is 3.54. The first-order valence-electron chi connectivity index (χ1n) is 9.33. The van der Waals surface area contributed by atoms with Crippen LogP contribution in [0.15, 0.2) is 42.6 Å². The van der Waals surface area contributed by atoms with Gasteiger partial charge in [0, 0.05) is 18.5 Å². The molecule has 0 saturated carbocycles. The third kappa shape index (κ3) is 3.91. The van der Waals surface area contributed by atoms with Crippen molar-refractivity contribution in [3.05, 3.63) is 65.1 Å². The Hall–Kier alpha value is -3.15. The number of hydrogen-bond acceptors (Lipinski definition) is 4. The van der Waals surface area contributed by atoms with E-state index in [2.05, 4.69) is 4.98 Å². The Morgan fingerprint density at radius 3 is 2.57 bits per heavy atom. The number of aryl methyl sites for hydroxylation is 2. The fourth-order valence-corrected chi connectivity index (χ4v) is 3.63. The predicted molar refractivity (Wildman–Crippen MR) is 106 cm³/mol. The largest absolute Gasteiger partial charge is 0.490 e. The minimum atomic E-state index is -0.922. The molecule has 28 heavy (non-hydrogen) atoms. The summed E-state index contributed by atoms with van der Waals surface area (Å²) in [7, 11) is 0. The van der Waals surface area contributed by atoms with Crippen molar-refractivity contribution < 1.29 is 19.4 Å². The number of carboxylic acid groups (broad SMARTS) is 1. The Morgan fingerprint density at radius 1 is 1.14 bits per heavy atom. The smallest absolute Gasteiger partial charge is 0.303 e. The van der Waals surface area contributed by atoms with Crippen LogP contribution in [0, 0.1) is 13.8 Å². The summed E-state index contributed by atoms with van der Waals surface area (Å²) in [6.07, 6.45) is 1.78. The van der Waals surface area contributed by atoms with Gasteiger partial charge in [-0.3, -0.25) is 14.0 Å². The molecule has 2 aromatic heterocycles. The van der Waals surface area contributed by atoms with Gasteiger partial charge in [0.2, 0.25) is 0 Å².